The van der Waals surface area contributed by atoms with Gasteiger partial charge < -0.3 is 5.32 Å². The van der Waals surface area contributed by atoms with Crippen molar-refractivity contribution in [1.29, 1.82) is 0 Å². The van der Waals surface area contributed by atoms with Gasteiger partial charge in [-0.25, -0.2) is 8.78 Å². The molecule has 0 bridgehead atoms. The standard InChI is InChI=1S/C16H16ClF2N/c1-9-7-11(8-10(2)15(9)19)16(20-3)12-5-4-6-13(18)14(12)17/h4-8,16,20H,1-3H3. The van der Waals surface area contributed by atoms with Crippen molar-refractivity contribution >= 4 is 11.6 Å². The molecule has 2 aromatic rings. The van der Waals surface area contributed by atoms with E-state index in [1.807, 2.05) is 0 Å². The minimum Gasteiger partial charge on any atom is -0.309 e. The van der Waals surface area contributed by atoms with Crippen LogP contribution in [0.3, 0.4) is 0 Å². The summed E-state index contributed by atoms with van der Waals surface area (Å²) >= 11 is 6.04. The highest BCUT2D eigenvalue weighted by molar-refractivity contribution is 6.31. The second-order valence-electron chi connectivity index (χ2n) is 4.83. The zero-order valence-electron chi connectivity index (χ0n) is 11.6. The maximum absolute atomic E-state index is 13.7. The summed E-state index contributed by atoms with van der Waals surface area (Å²) in [6.07, 6.45) is 0. The topological polar surface area (TPSA) is 12.0 Å². The van der Waals surface area contributed by atoms with Gasteiger partial charge in [0, 0.05) is 0 Å². The number of nitrogens with one attached hydrogen (secondary N) is 1. The maximum Gasteiger partial charge on any atom is 0.142 e. The van der Waals surface area contributed by atoms with Gasteiger partial charge in [0.05, 0.1) is 11.1 Å². The Bertz CT molecular complexity index is 617. The van der Waals surface area contributed by atoms with Crippen LogP contribution in [0, 0.1) is 25.5 Å². The first kappa shape index (κ1) is 14.9. The molecule has 0 aromatic heterocycles. The Morgan fingerprint density at radius 3 is 2.25 bits per heavy atom. The molecule has 0 saturated heterocycles. The lowest BCUT2D eigenvalue weighted by molar-refractivity contribution is 0.602. The van der Waals surface area contributed by atoms with Gasteiger partial charge in [0.25, 0.3) is 0 Å². The Labute approximate surface area is 122 Å². The molecular formula is C16H16ClF2N. The molecule has 0 amide bonds. The van der Waals surface area contributed by atoms with Crippen LogP contribution >= 0.6 is 11.6 Å². The molecule has 0 saturated carbocycles. The van der Waals surface area contributed by atoms with Gasteiger partial charge in [-0.1, -0.05) is 35.9 Å². The van der Waals surface area contributed by atoms with Crippen LogP contribution in [0.4, 0.5) is 8.78 Å². The molecule has 1 nitrogen and oxygen atoms in total. The number of hydrogen-bond donors (Lipinski definition) is 1. The van der Waals surface area contributed by atoms with E-state index in [4.69, 9.17) is 11.6 Å². The van der Waals surface area contributed by atoms with Crippen LogP contribution in [0.25, 0.3) is 0 Å². The van der Waals surface area contributed by atoms with E-state index in [1.165, 1.54) is 6.07 Å². The number of benzene rings is 2. The van der Waals surface area contributed by atoms with Gasteiger partial charge in [0.1, 0.15) is 11.6 Å². The van der Waals surface area contributed by atoms with Crippen molar-refractivity contribution in [2.45, 2.75) is 19.9 Å². The molecule has 20 heavy (non-hydrogen) atoms. The van der Waals surface area contributed by atoms with E-state index in [2.05, 4.69) is 5.32 Å². The Balaban J connectivity index is 2.55. The Hall–Kier alpha value is -1.45. The summed E-state index contributed by atoms with van der Waals surface area (Å²) < 4.78 is 27.3. The molecule has 2 aromatic carbocycles. The SMILES string of the molecule is CNC(c1cc(C)c(F)c(C)c1)c1cccc(F)c1Cl. The lowest BCUT2D eigenvalue weighted by Gasteiger charge is -2.20. The predicted molar refractivity (Wildman–Crippen MR) is 78.2 cm³/mol. The van der Waals surface area contributed by atoms with Crippen molar-refractivity contribution in [1.82, 2.24) is 5.32 Å². The highest BCUT2D eigenvalue weighted by Gasteiger charge is 2.19. The van der Waals surface area contributed by atoms with Crippen LogP contribution in [0.15, 0.2) is 30.3 Å². The molecule has 0 heterocycles. The molecule has 4 heteroatoms. The summed E-state index contributed by atoms with van der Waals surface area (Å²) in [6.45, 7) is 3.43. The van der Waals surface area contributed by atoms with Gasteiger partial charge in [-0.2, -0.15) is 0 Å². The minimum atomic E-state index is -0.458. The third-order valence-corrected chi connectivity index (χ3v) is 3.77. The molecule has 1 atom stereocenters. The predicted octanol–water partition coefficient (Wildman–Crippen LogP) is 4.54. The lowest BCUT2D eigenvalue weighted by atomic mass is 9.95. The van der Waals surface area contributed by atoms with Gasteiger partial charge >= 0.3 is 0 Å². The molecule has 0 aliphatic carbocycles. The van der Waals surface area contributed by atoms with E-state index >= 15 is 0 Å². The van der Waals surface area contributed by atoms with Gasteiger partial charge in [-0.15, -0.1) is 0 Å². The molecule has 106 valence electrons. The summed E-state index contributed by atoms with van der Waals surface area (Å²) in [5, 5.41) is 3.19. The summed E-state index contributed by atoms with van der Waals surface area (Å²) in [5.41, 5.74) is 2.62. The largest absolute Gasteiger partial charge is 0.309 e. The van der Waals surface area contributed by atoms with Gasteiger partial charge in [-0.05, 0) is 49.2 Å². The van der Waals surface area contributed by atoms with E-state index in [1.54, 1.807) is 45.2 Å². The normalized spacial score (nSPS) is 12.5. The van der Waals surface area contributed by atoms with Crippen LogP contribution in [0.1, 0.15) is 28.3 Å². The van der Waals surface area contributed by atoms with Crippen LogP contribution in [0.5, 0.6) is 0 Å². The van der Waals surface area contributed by atoms with Crippen LogP contribution in [-0.2, 0) is 0 Å². The number of halogens is 3. The zero-order chi connectivity index (χ0) is 14.9. The summed E-state index contributed by atoms with van der Waals surface area (Å²) in [7, 11) is 1.76. The Morgan fingerprint density at radius 1 is 1.10 bits per heavy atom. The summed E-state index contributed by atoms with van der Waals surface area (Å²) in [5.74, 6) is -0.672. The van der Waals surface area contributed by atoms with E-state index in [0.29, 0.717) is 16.7 Å². The molecule has 2 rings (SSSR count). The first-order chi connectivity index (χ1) is 9.45. The summed E-state index contributed by atoms with van der Waals surface area (Å²) in [4.78, 5) is 0. The van der Waals surface area contributed by atoms with Gasteiger partial charge in [0.2, 0.25) is 0 Å². The molecule has 0 aliphatic rings. The molecule has 1 unspecified atom stereocenters. The quantitative estimate of drug-likeness (QED) is 0.876. The molecule has 0 aliphatic heterocycles. The van der Waals surface area contributed by atoms with E-state index < -0.39 is 5.82 Å². The fourth-order valence-electron chi connectivity index (χ4n) is 2.39. The molecule has 0 fully saturated rings. The lowest BCUT2D eigenvalue weighted by Crippen LogP contribution is -2.19. The van der Waals surface area contributed by atoms with E-state index in [-0.39, 0.29) is 16.9 Å². The van der Waals surface area contributed by atoms with Crippen LogP contribution in [-0.4, -0.2) is 7.05 Å². The van der Waals surface area contributed by atoms with Gasteiger partial charge in [-0.3, -0.25) is 0 Å². The molecule has 0 spiro atoms. The second kappa shape index (κ2) is 5.90. The zero-order valence-corrected chi connectivity index (χ0v) is 12.4. The number of hydrogen-bond acceptors (Lipinski definition) is 1. The van der Waals surface area contributed by atoms with Crippen LogP contribution in [0.2, 0.25) is 5.02 Å². The van der Waals surface area contributed by atoms with E-state index in [9.17, 15) is 8.78 Å². The summed E-state index contributed by atoms with van der Waals surface area (Å²) in [6, 6.07) is 7.93. The fourth-order valence-corrected chi connectivity index (χ4v) is 2.63. The maximum atomic E-state index is 13.7. The molecule has 0 radical (unpaired) electrons. The van der Waals surface area contributed by atoms with Crippen molar-refractivity contribution < 1.29 is 8.78 Å². The third kappa shape index (κ3) is 2.69. The first-order valence-electron chi connectivity index (χ1n) is 6.33. The first-order valence-corrected chi connectivity index (χ1v) is 6.71. The monoisotopic (exact) mass is 295 g/mol. The Kier molecular flexibility index (Phi) is 4.41. The fraction of sp³-hybridized carbons (Fsp3) is 0.250. The highest BCUT2D eigenvalue weighted by Crippen LogP contribution is 2.31. The number of rotatable bonds is 3. The smallest absolute Gasteiger partial charge is 0.142 e. The third-order valence-electron chi connectivity index (χ3n) is 3.37. The number of aryl methyl sites for hydroxylation is 2. The molecule has 1 N–H and O–H groups in total. The van der Waals surface area contributed by atoms with Gasteiger partial charge in [0.15, 0.2) is 0 Å². The van der Waals surface area contributed by atoms with Crippen molar-refractivity contribution in [3.63, 3.8) is 0 Å². The van der Waals surface area contributed by atoms with E-state index in [0.717, 1.165) is 5.56 Å². The molecular weight excluding hydrogens is 280 g/mol. The average molecular weight is 296 g/mol. The minimum absolute atomic E-state index is 0.0893. The second-order valence-corrected chi connectivity index (χ2v) is 5.21. The van der Waals surface area contributed by atoms with Crippen molar-refractivity contribution in [2.75, 3.05) is 7.05 Å². The Morgan fingerprint density at radius 2 is 1.70 bits per heavy atom. The van der Waals surface area contributed by atoms with Crippen molar-refractivity contribution in [3.05, 3.63) is 69.2 Å². The van der Waals surface area contributed by atoms with Crippen molar-refractivity contribution in [2.24, 2.45) is 0 Å². The average Bonchev–Trinajstić information content (AvgIpc) is 2.41. The highest BCUT2D eigenvalue weighted by atomic mass is 35.5. The van der Waals surface area contributed by atoms with Crippen molar-refractivity contribution in [3.8, 4) is 0 Å². The van der Waals surface area contributed by atoms with Crippen LogP contribution < -0.4 is 5.32 Å².